The predicted octanol–water partition coefficient (Wildman–Crippen LogP) is 2.90. The average Bonchev–Trinajstić information content (AvgIpc) is 2.50. The second-order valence-corrected chi connectivity index (χ2v) is 7.07. The zero-order valence-corrected chi connectivity index (χ0v) is 14.0. The van der Waals surface area contributed by atoms with Gasteiger partial charge < -0.3 is 14.8 Å². The molecule has 2 aliphatic carbocycles. The molecule has 2 saturated carbocycles. The molecule has 2 aliphatic rings. The number of hydrogen-bond donors (Lipinski definition) is 1. The second-order valence-electron chi connectivity index (χ2n) is 7.07. The fourth-order valence-corrected chi connectivity index (χ4v) is 3.94. The van der Waals surface area contributed by atoms with Gasteiger partial charge in [0, 0.05) is 6.42 Å². The van der Waals surface area contributed by atoms with Gasteiger partial charge in [-0.3, -0.25) is 4.79 Å². The van der Waals surface area contributed by atoms with Crippen LogP contribution in [0.3, 0.4) is 0 Å². The van der Waals surface area contributed by atoms with Gasteiger partial charge in [0.15, 0.2) is 0 Å². The Hall–Kier alpha value is -0.610. The molecule has 21 heavy (non-hydrogen) atoms. The van der Waals surface area contributed by atoms with E-state index in [9.17, 15) is 4.79 Å². The van der Waals surface area contributed by atoms with Crippen LogP contribution < -0.4 is 5.32 Å². The topological polar surface area (TPSA) is 47.6 Å². The van der Waals surface area contributed by atoms with E-state index in [2.05, 4.69) is 19.2 Å². The van der Waals surface area contributed by atoms with E-state index in [-0.39, 0.29) is 12.1 Å². The zero-order valence-electron chi connectivity index (χ0n) is 14.0. The normalized spacial score (nSPS) is 40.8. The summed E-state index contributed by atoms with van der Waals surface area (Å²) in [6, 6.07) is 0. The molecular weight excluding hydrogens is 266 g/mol. The summed E-state index contributed by atoms with van der Waals surface area (Å²) < 4.78 is 11.4. The molecule has 4 heteroatoms. The Morgan fingerprint density at radius 1 is 1.14 bits per heavy atom. The Bertz CT molecular complexity index is 360. The number of carbonyl (C=O) groups is 1. The second kappa shape index (κ2) is 7.10. The fraction of sp³-hybridized carbons (Fsp3) is 0.941. The molecule has 4 nitrogen and oxygen atoms in total. The molecule has 0 aromatic heterocycles. The highest BCUT2D eigenvalue weighted by molar-refractivity contribution is 5.80. The summed E-state index contributed by atoms with van der Waals surface area (Å²) >= 11 is 0. The Morgan fingerprint density at radius 3 is 2.52 bits per heavy atom. The van der Waals surface area contributed by atoms with Gasteiger partial charge in [-0.25, -0.2) is 0 Å². The number of carbonyl (C=O) groups excluding carboxylic acids is 1. The molecule has 0 aromatic rings. The average molecular weight is 297 g/mol. The summed E-state index contributed by atoms with van der Waals surface area (Å²) in [5.74, 6) is 1.40. The number of nitrogens with one attached hydrogen (secondary N) is 1. The molecule has 1 N–H and O–H groups in total. The van der Waals surface area contributed by atoms with Crippen LogP contribution in [0.5, 0.6) is 0 Å². The van der Waals surface area contributed by atoms with E-state index in [1.165, 1.54) is 13.5 Å². The highest BCUT2D eigenvalue weighted by Gasteiger charge is 2.43. The van der Waals surface area contributed by atoms with Crippen molar-refractivity contribution in [2.75, 3.05) is 14.2 Å². The van der Waals surface area contributed by atoms with Crippen LogP contribution in [0.1, 0.15) is 58.8 Å². The lowest BCUT2D eigenvalue weighted by Gasteiger charge is -2.41. The first-order chi connectivity index (χ1) is 10.0. The minimum absolute atomic E-state index is 0.149. The maximum Gasteiger partial charge on any atom is 0.326 e. The van der Waals surface area contributed by atoms with E-state index in [1.807, 2.05) is 7.05 Å². The van der Waals surface area contributed by atoms with Gasteiger partial charge in [0.2, 0.25) is 0 Å². The number of esters is 1. The van der Waals surface area contributed by atoms with E-state index in [4.69, 9.17) is 9.47 Å². The van der Waals surface area contributed by atoms with Crippen molar-refractivity contribution in [3.63, 3.8) is 0 Å². The molecule has 0 bridgehead atoms. The van der Waals surface area contributed by atoms with Crippen molar-refractivity contribution in [2.45, 2.75) is 76.5 Å². The third-order valence-electron chi connectivity index (χ3n) is 5.70. The van der Waals surface area contributed by atoms with Crippen molar-refractivity contribution >= 4 is 5.97 Å². The summed E-state index contributed by atoms with van der Waals surface area (Å²) in [4.78, 5) is 12.1. The molecule has 0 aliphatic heterocycles. The molecule has 0 radical (unpaired) electrons. The smallest absolute Gasteiger partial charge is 0.326 e. The lowest BCUT2D eigenvalue weighted by molar-refractivity contribution is -0.154. The maximum absolute atomic E-state index is 12.1. The number of methoxy groups -OCH3 is 1. The Balaban J connectivity index is 1.93. The Kier molecular flexibility index (Phi) is 5.67. The van der Waals surface area contributed by atoms with Crippen LogP contribution in [0.25, 0.3) is 0 Å². The number of likely N-dealkylation sites (N-methyl/N-ethyl adjacent to an activating group) is 1. The molecule has 2 rings (SSSR count). The lowest BCUT2D eigenvalue weighted by atomic mass is 9.78. The van der Waals surface area contributed by atoms with Gasteiger partial charge in [0.1, 0.15) is 5.54 Å². The van der Waals surface area contributed by atoms with Crippen LogP contribution in [0.4, 0.5) is 0 Å². The molecule has 122 valence electrons. The Morgan fingerprint density at radius 2 is 1.90 bits per heavy atom. The highest BCUT2D eigenvalue weighted by Crippen LogP contribution is 2.36. The van der Waals surface area contributed by atoms with Crippen molar-refractivity contribution in [1.82, 2.24) is 5.32 Å². The standard InChI is InChI=1S/C17H31NO3/c1-12-7-8-14(10-13(12)2)21-15-6-5-9-17(11-15,18-3)16(19)20-4/h12-15,18H,5-11H2,1-4H3. The van der Waals surface area contributed by atoms with Crippen LogP contribution in [0.2, 0.25) is 0 Å². The van der Waals surface area contributed by atoms with Crippen molar-refractivity contribution in [1.29, 1.82) is 0 Å². The van der Waals surface area contributed by atoms with Crippen molar-refractivity contribution in [2.24, 2.45) is 11.8 Å². The minimum Gasteiger partial charge on any atom is -0.468 e. The van der Waals surface area contributed by atoms with Crippen molar-refractivity contribution in [3.8, 4) is 0 Å². The van der Waals surface area contributed by atoms with Crippen LogP contribution in [0.15, 0.2) is 0 Å². The van der Waals surface area contributed by atoms with Crippen LogP contribution in [-0.2, 0) is 14.3 Å². The van der Waals surface area contributed by atoms with E-state index in [0.717, 1.165) is 50.4 Å². The third kappa shape index (κ3) is 3.78. The zero-order chi connectivity index (χ0) is 15.5. The Labute approximate surface area is 129 Å². The number of rotatable bonds is 4. The predicted molar refractivity (Wildman–Crippen MR) is 83.1 cm³/mol. The first-order valence-electron chi connectivity index (χ1n) is 8.43. The first-order valence-corrected chi connectivity index (χ1v) is 8.43. The van der Waals surface area contributed by atoms with Gasteiger partial charge >= 0.3 is 5.97 Å². The maximum atomic E-state index is 12.1. The molecule has 2 fully saturated rings. The van der Waals surface area contributed by atoms with E-state index < -0.39 is 5.54 Å². The molecular formula is C17H31NO3. The van der Waals surface area contributed by atoms with Gasteiger partial charge in [-0.15, -0.1) is 0 Å². The van der Waals surface area contributed by atoms with Gasteiger partial charge in [0.25, 0.3) is 0 Å². The van der Waals surface area contributed by atoms with Gasteiger partial charge in [-0.2, -0.15) is 0 Å². The largest absolute Gasteiger partial charge is 0.468 e. The van der Waals surface area contributed by atoms with Crippen molar-refractivity contribution in [3.05, 3.63) is 0 Å². The minimum atomic E-state index is -0.550. The molecule has 0 heterocycles. The van der Waals surface area contributed by atoms with E-state index >= 15 is 0 Å². The van der Waals surface area contributed by atoms with Crippen LogP contribution in [0, 0.1) is 11.8 Å². The van der Waals surface area contributed by atoms with Gasteiger partial charge in [-0.05, 0) is 57.4 Å². The van der Waals surface area contributed by atoms with E-state index in [0.29, 0.717) is 6.10 Å². The monoisotopic (exact) mass is 297 g/mol. The van der Waals surface area contributed by atoms with Gasteiger partial charge in [-0.1, -0.05) is 13.8 Å². The summed E-state index contributed by atoms with van der Waals surface area (Å²) in [6.45, 7) is 4.66. The van der Waals surface area contributed by atoms with Crippen LogP contribution >= 0.6 is 0 Å². The fourth-order valence-electron chi connectivity index (χ4n) is 3.94. The molecule has 5 unspecified atom stereocenters. The van der Waals surface area contributed by atoms with Crippen LogP contribution in [-0.4, -0.2) is 37.9 Å². The molecule has 0 amide bonds. The molecule has 0 aromatic carbocycles. The number of ether oxygens (including phenoxy) is 2. The SMILES string of the molecule is CNC1(C(=O)OC)CCCC(OC2CCC(C)C(C)C2)C1. The highest BCUT2D eigenvalue weighted by atomic mass is 16.5. The lowest BCUT2D eigenvalue weighted by Crippen LogP contribution is -2.55. The molecule has 5 atom stereocenters. The third-order valence-corrected chi connectivity index (χ3v) is 5.70. The summed E-state index contributed by atoms with van der Waals surface area (Å²) in [5.41, 5.74) is -0.550. The van der Waals surface area contributed by atoms with Crippen molar-refractivity contribution < 1.29 is 14.3 Å². The summed E-state index contributed by atoms with van der Waals surface area (Å²) in [7, 11) is 3.32. The van der Waals surface area contributed by atoms with E-state index in [1.54, 1.807) is 0 Å². The summed E-state index contributed by atoms with van der Waals surface area (Å²) in [5, 5.41) is 3.20. The van der Waals surface area contributed by atoms with Gasteiger partial charge in [0.05, 0.1) is 19.3 Å². The quantitative estimate of drug-likeness (QED) is 0.811. The number of hydrogen-bond acceptors (Lipinski definition) is 4. The first kappa shape index (κ1) is 16.8. The summed E-state index contributed by atoms with van der Waals surface area (Å²) in [6.07, 6.45) is 7.76. The molecule has 0 saturated heterocycles. The molecule has 0 spiro atoms.